The van der Waals surface area contributed by atoms with Gasteiger partial charge in [0.15, 0.2) is 4.32 Å². The number of hydrazine groups is 1. The number of amides is 2. The molecule has 9 heteroatoms. The summed E-state index contributed by atoms with van der Waals surface area (Å²) in [6.45, 7) is 0. The lowest BCUT2D eigenvalue weighted by Crippen LogP contribution is -2.44. The molecule has 0 bridgehead atoms. The highest BCUT2D eigenvalue weighted by Crippen LogP contribution is 2.34. The molecule has 1 saturated heterocycles. The molecule has 0 radical (unpaired) electrons. The number of thioether (sulfide) groups is 1. The Morgan fingerprint density at radius 1 is 1.18 bits per heavy atom. The van der Waals surface area contributed by atoms with Gasteiger partial charge < -0.3 is 9.47 Å². The molecule has 0 saturated carbocycles. The van der Waals surface area contributed by atoms with Crippen molar-refractivity contribution in [1.82, 2.24) is 10.4 Å². The number of thiocarbonyl (C=S) groups is 1. The van der Waals surface area contributed by atoms with Crippen LogP contribution in [-0.2, 0) is 4.79 Å². The highest BCUT2D eigenvalue weighted by Gasteiger charge is 2.34. The molecule has 2 aromatic carbocycles. The summed E-state index contributed by atoms with van der Waals surface area (Å²) >= 11 is 9.67. The number of methoxy groups -OCH3 is 2. The normalized spacial score (nSPS) is 15.1. The molecule has 1 aliphatic heterocycles. The average Bonchev–Trinajstić information content (AvgIpc) is 2.95. The standard InChI is InChI=1S/C19H15BrN2O4S2/c1-25-14-7-8-15(26-2)12(9-14)10-16-18(24)22(19(27)28-16)21-17(23)11-3-5-13(20)6-4-11/h3-10H,1-2H3,(H,21,23). The van der Waals surface area contributed by atoms with Gasteiger partial charge in [0.05, 0.1) is 19.1 Å². The number of halogens is 1. The summed E-state index contributed by atoms with van der Waals surface area (Å²) in [7, 11) is 3.10. The zero-order valence-corrected chi connectivity index (χ0v) is 18.1. The van der Waals surface area contributed by atoms with Gasteiger partial charge >= 0.3 is 0 Å². The van der Waals surface area contributed by atoms with Gasteiger partial charge in [-0.1, -0.05) is 27.7 Å². The van der Waals surface area contributed by atoms with Crippen molar-refractivity contribution in [3.8, 4) is 11.5 Å². The SMILES string of the molecule is COc1ccc(OC)c(C=C2SC(=S)N(NC(=O)c3ccc(Br)cc3)C2=O)c1. The molecule has 1 aliphatic rings. The van der Waals surface area contributed by atoms with Crippen LogP contribution in [0.15, 0.2) is 51.8 Å². The van der Waals surface area contributed by atoms with E-state index >= 15 is 0 Å². The van der Waals surface area contributed by atoms with E-state index in [1.165, 1.54) is 0 Å². The van der Waals surface area contributed by atoms with E-state index in [1.807, 2.05) is 0 Å². The molecule has 1 fully saturated rings. The Bertz CT molecular complexity index is 976. The maximum atomic E-state index is 12.8. The van der Waals surface area contributed by atoms with Crippen molar-refractivity contribution < 1.29 is 19.1 Å². The third kappa shape index (κ3) is 4.37. The first-order valence-electron chi connectivity index (χ1n) is 7.99. The highest BCUT2D eigenvalue weighted by atomic mass is 79.9. The lowest BCUT2D eigenvalue weighted by Gasteiger charge is -2.15. The number of hydrogen-bond acceptors (Lipinski definition) is 6. The first-order valence-corrected chi connectivity index (χ1v) is 10.0. The average molecular weight is 479 g/mol. The van der Waals surface area contributed by atoms with Gasteiger partial charge in [-0.3, -0.25) is 15.0 Å². The largest absolute Gasteiger partial charge is 0.497 e. The topological polar surface area (TPSA) is 67.9 Å². The predicted molar refractivity (Wildman–Crippen MR) is 116 cm³/mol. The fourth-order valence-corrected chi connectivity index (χ4v) is 3.86. The van der Waals surface area contributed by atoms with Crippen LogP contribution < -0.4 is 14.9 Å². The second-order valence-corrected chi connectivity index (χ2v) is 8.16. The zero-order chi connectivity index (χ0) is 20.3. The number of hydrogen-bond donors (Lipinski definition) is 1. The maximum absolute atomic E-state index is 12.8. The van der Waals surface area contributed by atoms with Crippen LogP contribution in [0.3, 0.4) is 0 Å². The summed E-state index contributed by atoms with van der Waals surface area (Å²) < 4.78 is 11.7. The van der Waals surface area contributed by atoms with E-state index in [0.717, 1.165) is 21.2 Å². The number of rotatable bonds is 5. The van der Waals surface area contributed by atoms with Crippen molar-refractivity contribution in [1.29, 1.82) is 0 Å². The van der Waals surface area contributed by atoms with Crippen LogP contribution in [0.5, 0.6) is 11.5 Å². The molecule has 144 valence electrons. The molecule has 0 spiro atoms. The Labute approximate surface area is 180 Å². The molecule has 1 heterocycles. The van der Waals surface area contributed by atoms with Crippen molar-refractivity contribution in [2.24, 2.45) is 0 Å². The highest BCUT2D eigenvalue weighted by molar-refractivity contribution is 9.10. The lowest BCUT2D eigenvalue weighted by atomic mass is 10.1. The van der Waals surface area contributed by atoms with Gasteiger partial charge in [-0.25, -0.2) is 0 Å². The maximum Gasteiger partial charge on any atom is 0.285 e. The number of ether oxygens (including phenoxy) is 2. The van der Waals surface area contributed by atoms with E-state index in [9.17, 15) is 9.59 Å². The van der Waals surface area contributed by atoms with Gasteiger partial charge in [0.1, 0.15) is 11.5 Å². The zero-order valence-electron chi connectivity index (χ0n) is 14.9. The summed E-state index contributed by atoms with van der Waals surface area (Å²) in [5, 5.41) is 1.07. The minimum Gasteiger partial charge on any atom is -0.497 e. The van der Waals surface area contributed by atoms with Crippen molar-refractivity contribution in [2.75, 3.05) is 14.2 Å². The summed E-state index contributed by atoms with van der Waals surface area (Å²) in [6.07, 6.45) is 1.66. The van der Waals surface area contributed by atoms with Gasteiger partial charge in [-0.15, -0.1) is 0 Å². The molecule has 0 unspecified atom stereocenters. The van der Waals surface area contributed by atoms with Gasteiger partial charge in [-0.2, -0.15) is 5.01 Å². The molecule has 2 aromatic rings. The van der Waals surface area contributed by atoms with E-state index in [2.05, 4.69) is 21.4 Å². The van der Waals surface area contributed by atoms with Crippen molar-refractivity contribution in [3.63, 3.8) is 0 Å². The molecule has 1 N–H and O–H groups in total. The first kappa shape index (κ1) is 20.4. The fraction of sp³-hybridized carbons (Fsp3) is 0.105. The van der Waals surface area contributed by atoms with Gasteiger partial charge in [0.25, 0.3) is 11.8 Å². The third-order valence-electron chi connectivity index (χ3n) is 3.84. The Balaban J connectivity index is 1.82. The van der Waals surface area contributed by atoms with E-state index < -0.39 is 11.8 Å². The molecule has 28 heavy (non-hydrogen) atoms. The summed E-state index contributed by atoms with van der Waals surface area (Å²) in [6, 6.07) is 12.1. The smallest absolute Gasteiger partial charge is 0.285 e. The second kappa shape index (κ2) is 8.76. The number of nitrogens with one attached hydrogen (secondary N) is 1. The van der Waals surface area contributed by atoms with Crippen LogP contribution >= 0.6 is 39.9 Å². The van der Waals surface area contributed by atoms with Crippen LogP contribution in [0, 0.1) is 0 Å². The number of nitrogens with zero attached hydrogens (tertiary/aromatic N) is 1. The van der Waals surface area contributed by atoms with Crippen molar-refractivity contribution in [3.05, 3.63) is 63.0 Å². The summed E-state index contributed by atoms with van der Waals surface area (Å²) in [5.41, 5.74) is 3.63. The van der Waals surface area contributed by atoms with E-state index in [-0.39, 0.29) is 4.32 Å². The van der Waals surface area contributed by atoms with E-state index in [0.29, 0.717) is 27.5 Å². The molecule has 0 aromatic heterocycles. The molecule has 3 rings (SSSR count). The summed E-state index contributed by atoms with van der Waals surface area (Å²) in [4.78, 5) is 25.5. The van der Waals surface area contributed by atoms with Crippen LogP contribution in [0.25, 0.3) is 6.08 Å². The molecule has 6 nitrogen and oxygen atoms in total. The van der Waals surface area contributed by atoms with Gasteiger partial charge in [0, 0.05) is 15.6 Å². The third-order valence-corrected chi connectivity index (χ3v) is 5.67. The predicted octanol–water partition coefficient (Wildman–Crippen LogP) is 4.01. The fourth-order valence-electron chi connectivity index (χ4n) is 2.42. The molecular formula is C19H15BrN2O4S2. The van der Waals surface area contributed by atoms with Crippen LogP contribution in [0.1, 0.15) is 15.9 Å². The Kier molecular flexibility index (Phi) is 6.38. The van der Waals surface area contributed by atoms with E-state index in [4.69, 9.17) is 21.7 Å². The molecule has 0 aliphatic carbocycles. The minimum atomic E-state index is -0.427. The second-order valence-electron chi connectivity index (χ2n) is 5.57. The summed E-state index contributed by atoms with van der Waals surface area (Å²) in [5.74, 6) is 0.380. The van der Waals surface area contributed by atoms with Gasteiger partial charge in [-0.05, 0) is 60.8 Å². The molecule has 2 amide bonds. The van der Waals surface area contributed by atoms with Gasteiger partial charge in [0.2, 0.25) is 0 Å². The van der Waals surface area contributed by atoms with E-state index in [1.54, 1.807) is 62.8 Å². The number of carbonyl (C=O) groups excluding carboxylic acids is 2. The van der Waals surface area contributed by atoms with Crippen LogP contribution in [0.2, 0.25) is 0 Å². The Morgan fingerprint density at radius 3 is 2.54 bits per heavy atom. The van der Waals surface area contributed by atoms with Crippen LogP contribution in [0.4, 0.5) is 0 Å². The monoisotopic (exact) mass is 478 g/mol. The number of carbonyl (C=O) groups is 2. The van der Waals surface area contributed by atoms with Crippen molar-refractivity contribution >= 4 is 62.1 Å². The minimum absolute atomic E-state index is 0.239. The quantitative estimate of drug-likeness (QED) is 0.517. The Hall–Kier alpha value is -2.36. The Morgan fingerprint density at radius 2 is 1.89 bits per heavy atom. The van der Waals surface area contributed by atoms with Crippen molar-refractivity contribution in [2.45, 2.75) is 0 Å². The molecule has 0 atom stereocenters. The molecular weight excluding hydrogens is 464 g/mol. The lowest BCUT2D eigenvalue weighted by molar-refractivity contribution is -0.123. The number of benzene rings is 2. The van der Waals surface area contributed by atoms with Crippen LogP contribution in [-0.4, -0.2) is 35.4 Å². The first-order chi connectivity index (χ1) is 13.4.